The molecule has 0 amide bonds. The molecule has 0 radical (unpaired) electrons. The fraction of sp³-hybridized carbons (Fsp3) is 0.0698. The first-order valence-corrected chi connectivity index (χ1v) is 15.8. The first kappa shape index (κ1) is 25.5. The molecule has 3 heteroatoms. The van der Waals surface area contributed by atoms with Gasteiger partial charge in [-0.3, -0.25) is 9.97 Å². The van der Waals surface area contributed by atoms with Crippen molar-refractivity contribution in [3.8, 4) is 33.4 Å². The van der Waals surface area contributed by atoms with Crippen LogP contribution in [0.15, 0.2) is 138 Å². The molecule has 0 aliphatic heterocycles. The molecule has 0 saturated heterocycles. The maximum absolute atomic E-state index is 6.10. The van der Waals surface area contributed by atoms with E-state index >= 15 is 0 Å². The molecule has 1 aliphatic rings. The molecule has 2 aromatic heterocycles. The van der Waals surface area contributed by atoms with E-state index in [1.807, 2.05) is 12.1 Å². The highest BCUT2D eigenvalue weighted by Gasteiger charge is 2.36. The monoisotopic (exact) mass is 588 g/mol. The Labute approximate surface area is 265 Å². The van der Waals surface area contributed by atoms with Crippen LogP contribution >= 0.6 is 0 Å². The van der Waals surface area contributed by atoms with Gasteiger partial charge in [-0.05, 0) is 91.7 Å². The van der Waals surface area contributed by atoms with Crippen LogP contribution in [0.5, 0.6) is 0 Å². The number of aromatic nitrogens is 2. The van der Waals surface area contributed by atoms with E-state index in [1.165, 1.54) is 55.3 Å². The predicted octanol–water partition coefficient (Wildman–Crippen LogP) is 11.5. The molecule has 0 N–H and O–H groups in total. The Morgan fingerprint density at radius 1 is 0.435 bits per heavy atom. The molecule has 2 heterocycles. The Bertz CT molecular complexity index is 2700. The lowest BCUT2D eigenvalue weighted by Gasteiger charge is -2.23. The highest BCUT2D eigenvalue weighted by molar-refractivity contribution is 6.23. The van der Waals surface area contributed by atoms with Crippen molar-refractivity contribution in [2.45, 2.75) is 19.3 Å². The smallest absolute Gasteiger partial charge is 0.135 e. The number of benzene rings is 7. The minimum Gasteiger partial charge on any atom is -0.456 e. The van der Waals surface area contributed by atoms with Crippen molar-refractivity contribution in [3.05, 3.63) is 145 Å². The quantitative estimate of drug-likeness (QED) is 0.189. The van der Waals surface area contributed by atoms with Crippen LogP contribution in [0.4, 0.5) is 0 Å². The van der Waals surface area contributed by atoms with Crippen LogP contribution in [-0.4, -0.2) is 9.97 Å². The van der Waals surface area contributed by atoms with Gasteiger partial charge in [-0.1, -0.05) is 98.8 Å². The third-order valence-electron chi connectivity index (χ3n) is 10.2. The maximum Gasteiger partial charge on any atom is 0.135 e. The van der Waals surface area contributed by atoms with E-state index in [4.69, 9.17) is 14.4 Å². The van der Waals surface area contributed by atoms with Gasteiger partial charge in [-0.25, -0.2) is 0 Å². The van der Waals surface area contributed by atoms with Crippen LogP contribution in [-0.2, 0) is 5.41 Å². The van der Waals surface area contributed by atoms with E-state index in [-0.39, 0.29) is 5.41 Å². The number of rotatable bonds is 2. The summed E-state index contributed by atoms with van der Waals surface area (Å²) in [5.41, 5.74) is 13.8. The first-order valence-electron chi connectivity index (χ1n) is 15.8. The number of hydrogen-bond acceptors (Lipinski definition) is 3. The standard InChI is InChI=1S/C43H28N2O/c1-43(2)37-23-27(25-13-17-34-35(21-25)29-7-3-4-9-33(29)41-42(34)45-20-19-44-41)11-15-30(37)31-16-12-28(24-38(31)43)26-14-18-40-36(22-26)32-8-5-6-10-39(32)46-40/h3-24H,1-2H3. The van der Waals surface area contributed by atoms with Gasteiger partial charge < -0.3 is 4.42 Å². The molecular weight excluding hydrogens is 560 g/mol. The molecule has 216 valence electrons. The summed E-state index contributed by atoms with van der Waals surface area (Å²) in [7, 11) is 0. The second-order valence-corrected chi connectivity index (χ2v) is 13.0. The van der Waals surface area contributed by atoms with E-state index in [9.17, 15) is 0 Å². The average Bonchev–Trinajstić information content (AvgIpc) is 3.59. The van der Waals surface area contributed by atoms with Crippen molar-refractivity contribution in [3.63, 3.8) is 0 Å². The lowest BCUT2D eigenvalue weighted by Crippen LogP contribution is -2.15. The van der Waals surface area contributed by atoms with E-state index in [0.29, 0.717) is 0 Å². The fourth-order valence-electron chi connectivity index (χ4n) is 7.81. The van der Waals surface area contributed by atoms with Crippen molar-refractivity contribution in [1.82, 2.24) is 9.97 Å². The Morgan fingerprint density at radius 2 is 0.935 bits per heavy atom. The zero-order valence-corrected chi connectivity index (χ0v) is 25.5. The van der Waals surface area contributed by atoms with E-state index in [2.05, 4.69) is 123 Å². The minimum atomic E-state index is -0.140. The molecule has 3 nitrogen and oxygen atoms in total. The average molecular weight is 589 g/mol. The molecule has 46 heavy (non-hydrogen) atoms. The molecule has 10 rings (SSSR count). The Kier molecular flexibility index (Phi) is 5.06. The van der Waals surface area contributed by atoms with Crippen molar-refractivity contribution in [2.75, 3.05) is 0 Å². The molecule has 0 fully saturated rings. The third kappa shape index (κ3) is 3.48. The molecular formula is C43H28N2O. The highest BCUT2D eigenvalue weighted by Crippen LogP contribution is 2.51. The lowest BCUT2D eigenvalue weighted by atomic mass is 9.80. The maximum atomic E-state index is 6.10. The first-order chi connectivity index (χ1) is 22.5. The second-order valence-electron chi connectivity index (χ2n) is 13.0. The Hall–Kier alpha value is -5.80. The minimum absolute atomic E-state index is 0.140. The van der Waals surface area contributed by atoms with E-state index in [0.717, 1.165) is 43.7 Å². The summed E-state index contributed by atoms with van der Waals surface area (Å²) in [5, 5.41) is 6.99. The molecule has 9 aromatic rings. The van der Waals surface area contributed by atoms with Crippen LogP contribution in [0.1, 0.15) is 25.0 Å². The third-order valence-corrected chi connectivity index (χ3v) is 10.2. The van der Waals surface area contributed by atoms with Crippen LogP contribution in [0.25, 0.3) is 87.9 Å². The zero-order valence-electron chi connectivity index (χ0n) is 25.5. The SMILES string of the molecule is CC1(C)c2cc(-c3ccc4oc5ccccc5c4c3)ccc2-c2ccc(-c3ccc4c(c3)c3ccccc3c3nccnc43)cc21. The van der Waals surface area contributed by atoms with Crippen LogP contribution < -0.4 is 0 Å². The van der Waals surface area contributed by atoms with Crippen molar-refractivity contribution in [2.24, 2.45) is 0 Å². The Balaban J connectivity index is 1.09. The summed E-state index contributed by atoms with van der Waals surface area (Å²) >= 11 is 0. The van der Waals surface area contributed by atoms with Gasteiger partial charge in [0.15, 0.2) is 0 Å². The van der Waals surface area contributed by atoms with Gasteiger partial charge in [-0.15, -0.1) is 0 Å². The number of hydrogen-bond donors (Lipinski definition) is 0. The number of para-hydroxylation sites is 1. The largest absolute Gasteiger partial charge is 0.456 e. The number of nitrogens with zero attached hydrogens (tertiary/aromatic N) is 2. The van der Waals surface area contributed by atoms with Crippen molar-refractivity contribution < 1.29 is 4.42 Å². The lowest BCUT2D eigenvalue weighted by molar-refractivity contribution is 0.661. The zero-order chi connectivity index (χ0) is 30.6. The molecule has 0 spiro atoms. The number of furan rings is 1. The van der Waals surface area contributed by atoms with Crippen LogP contribution in [0.3, 0.4) is 0 Å². The van der Waals surface area contributed by atoms with Gasteiger partial charge in [0, 0.05) is 39.4 Å². The molecule has 0 unspecified atom stereocenters. The normalized spacial score (nSPS) is 13.6. The van der Waals surface area contributed by atoms with Gasteiger partial charge in [0.2, 0.25) is 0 Å². The predicted molar refractivity (Wildman–Crippen MR) is 190 cm³/mol. The van der Waals surface area contributed by atoms with Gasteiger partial charge in [0.25, 0.3) is 0 Å². The summed E-state index contributed by atoms with van der Waals surface area (Å²) in [6, 6.07) is 44.1. The summed E-state index contributed by atoms with van der Waals surface area (Å²) in [6.45, 7) is 4.72. The summed E-state index contributed by atoms with van der Waals surface area (Å²) < 4.78 is 6.10. The summed E-state index contributed by atoms with van der Waals surface area (Å²) in [5.74, 6) is 0. The van der Waals surface area contributed by atoms with E-state index < -0.39 is 0 Å². The van der Waals surface area contributed by atoms with Gasteiger partial charge in [0.1, 0.15) is 11.2 Å². The van der Waals surface area contributed by atoms with Crippen molar-refractivity contribution >= 4 is 54.5 Å². The summed E-state index contributed by atoms with van der Waals surface area (Å²) in [4.78, 5) is 9.43. The molecule has 7 aromatic carbocycles. The van der Waals surface area contributed by atoms with E-state index in [1.54, 1.807) is 12.4 Å². The van der Waals surface area contributed by atoms with Crippen LogP contribution in [0.2, 0.25) is 0 Å². The molecule has 0 atom stereocenters. The van der Waals surface area contributed by atoms with Crippen LogP contribution in [0, 0.1) is 0 Å². The molecule has 0 saturated carbocycles. The second kappa shape index (κ2) is 9.12. The van der Waals surface area contributed by atoms with Crippen molar-refractivity contribution in [1.29, 1.82) is 0 Å². The number of fused-ring (bicyclic) bond motifs is 12. The fourth-order valence-corrected chi connectivity index (χ4v) is 7.81. The molecule has 1 aliphatic carbocycles. The summed E-state index contributed by atoms with van der Waals surface area (Å²) in [6.07, 6.45) is 3.57. The highest BCUT2D eigenvalue weighted by atomic mass is 16.3. The van der Waals surface area contributed by atoms with Gasteiger partial charge in [0.05, 0.1) is 11.0 Å². The molecule has 0 bridgehead atoms. The topological polar surface area (TPSA) is 38.9 Å². The van der Waals surface area contributed by atoms with Gasteiger partial charge >= 0.3 is 0 Å². The Morgan fingerprint density at radius 3 is 1.63 bits per heavy atom. The van der Waals surface area contributed by atoms with Gasteiger partial charge in [-0.2, -0.15) is 0 Å².